The molecule has 4 aromatic carbocycles. The van der Waals surface area contributed by atoms with Crippen molar-refractivity contribution in [3.8, 4) is 5.75 Å². The van der Waals surface area contributed by atoms with Crippen LogP contribution in [0.3, 0.4) is 0 Å². The number of allylic oxidation sites excluding steroid dienone is 1. The summed E-state index contributed by atoms with van der Waals surface area (Å²) in [4.78, 5) is 21.5. The fourth-order valence-corrected chi connectivity index (χ4v) is 6.50. The van der Waals surface area contributed by atoms with Gasteiger partial charge in [0.25, 0.3) is 5.88 Å². The molecule has 5 aromatic rings. The lowest BCUT2D eigenvalue weighted by Crippen LogP contribution is -2.46. The number of ether oxygens (including phenoxy) is 1. The Morgan fingerprint density at radius 1 is 0.889 bits per heavy atom. The molecule has 0 bridgehead atoms. The van der Waals surface area contributed by atoms with Gasteiger partial charge in [-0.15, -0.1) is 0 Å². The van der Waals surface area contributed by atoms with Crippen LogP contribution in [0.4, 0.5) is 11.4 Å². The second-order valence-electron chi connectivity index (χ2n) is 11.3. The van der Waals surface area contributed by atoms with Crippen LogP contribution >= 0.6 is 11.6 Å². The number of anilines is 2. The quantitative estimate of drug-likeness (QED) is 0.148. The molecule has 1 saturated heterocycles. The molecule has 0 amide bonds. The van der Waals surface area contributed by atoms with Gasteiger partial charge in [-0.05, 0) is 60.0 Å². The fourth-order valence-electron chi connectivity index (χ4n) is 6.34. The maximum Gasteiger partial charge on any atom is 0.317 e. The smallest absolute Gasteiger partial charge is 0.317 e. The van der Waals surface area contributed by atoms with Crippen LogP contribution in [0.25, 0.3) is 10.9 Å². The average molecular weight is 618 g/mol. The summed E-state index contributed by atoms with van der Waals surface area (Å²) in [7, 11) is 0. The number of aromatic nitrogens is 1. The highest BCUT2D eigenvalue weighted by atomic mass is 35.5. The van der Waals surface area contributed by atoms with E-state index in [9.17, 15) is 10.1 Å². The molecule has 0 spiro atoms. The first-order valence-electron chi connectivity index (χ1n) is 15.1. The molecule has 7 rings (SSSR count). The van der Waals surface area contributed by atoms with E-state index >= 15 is 0 Å². The van der Waals surface area contributed by atoms with Crippen LogP contribution in [0.15, 0.2) is 121 Å². The Balaban J connectivity index is 1.10. The van der Waals surface area contributed by atoms with E-state index < -0.39 is 5.92 Å². The molecule has 0 aliphatic carbocycles. The van der Waals surface area contributed by atoms with E-state index in [0.29, 0.717) is 17.3 Å². The second-order valence-corrected chi connectivity index (χ2v) is 11.7. The van der Waals surface area contributed by atoms with Gasteiger partial charge < -0.3 is 19.9 Å². The number of pyridine rings is 1. The van der Waals surface area contributed by atoms with Crippen LogP contribution in [0.2, 0.25) is 5.02 Å². The summed E-state index contributed by atoms with van der Waals surface area (Å²) in [5.41, 5.74) is 5.96. The van der Waals surface area contributed by atoms with Crippen molar-refractivity contribution < 1.29 is 9.66 Å². The molecule has 1 N–H and O–H groups in total. The molecule has 2 aliphatic heterocycles. The molecule has 2 aliphatic rings. The summed E-state index contributed by atoms with van der Waals surface area (Å²) < 4.78 is 6.10. The molecular formula is C36H32ClN5O3. The maximum absolute atomic E-state index is 12.6. The predicted molar refractivity (Wildman–Crippen MR) is 179 cm³/mol. The first-order valence-corrected chi connectivity index (χ1v) is 15.5. The molecule has 1 fully saturated rings. The number of piperazine rings is 1. The predicted octanol–water partition coefficient (Wildman–Crippen LogP) is 7.02. The zero-order valence-electron chi connectivity index (χ0n) is 24.6. The standard InChI is InChI=1S/C36H32ClN5O3/c37-27-12-15-29-31(24-27)38-19-17-32(29)41-22-20-40(21-23-41)28-13-10-26(11-14-28)34-30-8-4-5-9-33(30)45-36(35(34)42(43)44)39-18-16-25-6-2-1-3-7-25/h1-15,17,19,24,34,39H,16,18,20-23H2. The van der Waals surface area contributed by atoms with Gasteiger partial charge in [-0.2, -0.15) is 0 Å². The van der Waals surface area contributed by atoms with Gasteiger partial charge in [0.15, 0.2) is 0 Å². The molecule has 9 heteroatoms. The van der Waals surface area contributed by atoms with Crippen LogP contribution in [0, 0.1) is 10.1 Å². The first kappa shape index (κ1) is 28.7. The van der Waals surface area contributed by atoms with Crippen LogP contribution in [0.5, 0.6) is 5.75 Å². The molecule has 3 heterocycles. The van der Waals surface area contributed by atoms with E-state index in [4.69, 9.17) is 16.3 Å². The van der Waals surface area contributed by atoms with Crippen molar-refractivity contribution in [3.63, 3.8) is 0 Å². The molecule has 0 radical (unpaired) electrons. The number of benzene rings is 4. The number of nitro groups is 1. The van der Waals surface area contributed by atoms with Crippen molar-refractivity contribution in [1.29, 1.82) is 0 Å². The summed E-state index contributed by atoms with van der Waals surface area (Å²) in [5.74, 6) is 0.260. The third-order valence-electron chi connectivity index (χ3n) is 8.58. The molecule has 0 saturated carbocycles. The van der Waals surface area contributed by atoms with Crippen molar-refractivity contribution in [2.45, 2.75) is 12.3 Å². The topological polar surface area (TPSA) is 83.8 Å². The maximum atomic E-state index is 12.6. The molecule has 1 unspecified atom stereocenters. The van der Waals surface area contributed by atoms with Crippen LogP contribution in [-0.2, 0) is 6.42 Å². The minimum atomic E-state index is -0.566. The van der Waals surface area contributed by atoms with E-state index in [1.165, 1.54) is 0 Å². The summed E-state index contributed by atoms with van der Waals surface area (Å²) >= 11 is 6.20. The van der Waals surface area contributed by atoms with E-state index in [-0.39, 0.29) is 16.5 Å². The van der Waals surface area contributed by atoms with Gasteiger partial charge >= 0.3 is 5.70 Å². The van der Waals surface area contributed by atoms with Crippen molar-refractivity contribution in [3.05, 3.63) is 153 Å². The Morgan fingerprint density at radius 3 is 2.40 bits per heavy atom. The van der Waals surface area contributed by atoms with Crippen molar-refractivity contribution in [2.75, 3.05) is 42.5 Å². The Bertz CT molecular complexity index is 1870. The van der Waals surface area contributed by atoms with Gasteiger partial charge in [0.1, 0.15) is 11.7 Å². The van der Waals surface area contributed by atoms with Crippen molar-refractivity contribution >= 4 is 33.9 Å². The average Bonchev–Trinajstić information content (AvgIpc) is 3.08. The van der Waals surface area contributed by atoms with Gasteiger partial charge in [0, 0.05) is 66.3 Å². The van der Waals surface area contributed by atoms with Crippen LogP contribution in [-0.4, -0.2) is 42.6 Å². The Morgan fingerprint density at radius 2 is 1.62 bits per heavy atom. The Hall–Kier alpha value is -5.08. The number of rotatable bonds is 8. The number of nitrogens with zero attached hydrogens (tertiary/aromatic N) is 4. The van der Waals surface area contributed by atoms with Gasteiger partial charge in [0.05, 0.1) is 10.4 Å². The van der Waals surface area contributed by atoms with E-state index in [1.54, 1.807) is 0 Å². The summed E-state index contributed by atoms with van der Waals surface area (Å²) in [6.07, 6.45) is 2.56. The Kier molecular flexibility index (Phi) is 7.96. The van der Waals surface area contributed by atoms with Crippen LogP contribution < -0.4 is 19.9 Å². The Labute approximate surface area is 266 Å². The second kappa shape index (κ2) is 12.5. The highest BCUT2D eigenvalue weighted by Crippen LogP contribution is 2.43. The third-order valence-corrected chi connectivity index (χ3v) is 8.82. The minimum Gasteiger partial charge on any atom is -0.435 e. The minimum absolute atomic E-state index is 0.0222. The summed E-state index contributed by atoms with van der Waals surface area (Å²) in [6, 6.07) is 33.7. The number of halogens is 1. The zero-order valence-corrected chi connectivity index (χ0v) is 25.4. The molecule has 226 valence electrons. The lowest BCUT2D eigenvalue weighted by molar-refractivity contribution is -0.432. The largest absolute Gasteiger partial charge is 0.435 e. The number of hydrogen-bond donors (Lipinski definition) is 1. The highest BCUT2D eigenvalue weighted by Gasteiger charge is 2.39. The third kappa shape index (κ3) is 5.89. The van der Waals surface area contributed by atoms with Gasteiger partial charge in [-0.3, -0.25) is 15.1 Å². The molecule has 8 nitrogen and oxygen atoms in total. The van der Waals surface area contributed by atoms with Gasteiger partial charge in [-0.25, -0.2) is 0 Å². The van der Waals surface area contributed by atoms with E-state index in [2.05, 4.69) is 38.3 Å². The normalized spacial score (nSPS) is 16.3. The van der Waals surface area contributed by atoms with Crippen molar-refractivity contribution in [2.24, 2.45) is 0 Å². The van der Waals surface area contributed by atoms with E-state index in [0.717, 1.165) is 71.6 Å². The fraction of sp³-hybridized carbons (Fsp3) is 0.194. The number of para-hydroxylation sites is 1. The molecule has 1 atom stereocenters. The number of fused-ring (bicyclic) bond motifs is 2. The summed E-state index contributed by atoms with van der Waals surface area (Å²) in [5, 5.41) is 17.6. The summed E-state index contributed by atoms with van der Waals surface area (Å²) in [6.45, 7) is 3.95. The zero-order chi connectivity index (χ0) is 30.8. The lowest BCUT2D eigenvalue weighted by Gasteiger charge is -2.38. The van der Waals surface area contributed by atoms with Crippen molar-refractivity contribution in [1.82, 2.24) is 10.3 Å². The number of nitrogens with one attached hydrogen (secondary N) is 1. The molecule has 1 aromatic heterocycles. The molecular weight excluding hydrogens is 586 g/mol. The van der Waals surface area contributed by atoms with Crippen LogP contribution in [0.1, 0.15) is 22.6 Å². The van der Waals surface area contributed by atoms with E-state index in [1.807, 2.05) is 91.1 Å². The molecule has 45 heavy (non-hydrogen) atoms. The SMILES string of the molecule is O=[N+]([O-])C1=C(NCCc2ccccc2)Oc2ccccc2C1c1ccc(N2CCN(c3ccnc4cc(Cl)ccc34)CC2)cc1. The van der Waals surface area contributed by atoms with Gasteiger partial charge in [0.2, 0.25) is 0 Å². The lowest BCUT2D eigenvalue weighted by atomic mass is 9.86. The highest BCUT2D eigenvalue weighted by molar-refractivity contribution is 6.31. The number of hydrogen-bond acceptors (Lipinski definition) is 7. The monoisotopic (exact) mass is 617 g/mol. The first-order chi connectivity index (χ1) is 22.0. The van der Waals surface area contributed by atoms with Gasteiger partial charge in [-0.1, -0.05) is 72.3 Å².